The number of aromatic nitrogens is 2. The summed E-state index contributed by atoms with van der Waals surface area (Å²) in [7, 11) is 1.58. The van der Waals surface area contributed by atoms with Crippen LogP contribution in [-0.2, 0) is 22.5 Å². The van der Waals surface area contributed by atoms with Crippen LogP contribution in [0.25, 0.3) is 0 Å². The molecule has 2 N–H and O–H groups in total. The molecule has 27 heavy (non-hydrogen) atoms. The van der Waals surface area contributed by atoms with E-state index in [2.05, 4.69) is 15.7 Å². The molecule has 2 rings (SSSR count). The smallest absolute Gasteiger partial charge is 0.276 e. The number of methoxy groups -OCH3 is 1. The summed E-state index contributed by atoms with van der Waals surface area (Å²) in [5.41, 5.74) is 1.35. The molecule has 0 saturated heterocycles. The fraction of sp³-hybridized carbons (Fsp3) is 0.368. The van der Waals surface area contributed by atoms with Crippen molar-refractivity contribution < 1.29 is 14.3 Å². The first kappa shape index (κ1) is 20.3. The van der Waals surface area contributed by atoms with Gasteiger partial charge in [0.15, 0.2) is 0 Å². The van der Waals surface area contributed by atoms with Crippen molar-refractivity contribution in [3.05, 3.63) is 58.0 Å². The Morgan fingerprint density at radius 1 is 1.15 bits per heavy atom. The Morgan fingerprint density at radius 2 is 1.89 bits per heavy atom. The van der Waals surface area contributed by atoms with E-state index in [0.29, 0.717) is 25.4 Å². The minimum Gasteiger partial charge on any atom is -0.383 e. The lowest BCUT2D eigenvalue weighted by atomic mass is 10.1. The molecule has 0 bridgehead atoms. The number of nitrogens with zero attached hydrogens (tertiary/aromatic N) is 2. The number of anilines is 1. The number of carbonyl (C=O) groups is 2. The Hall–Kier alpha value is -3.00. The van der Waals surface area contributed by atoms with Crippen LogP contribution in [0.15, 0.2) is 41.2 Å². The zero-order chi connectivity index (χ0) is 19.6. The van der Waals surface area contributed by atoms with E-state index in [-0.39, 0.29) is 23.6 Å². The summed E-state index contributed by atoms with van der Waals surface area (Å²) < 4.78 is 6.16. The number of amides is 2. The molecule has 1 aromatic carbocycles. The number of ether oxygens (including phenoxy) is 1. The molecule has 1 aromatic heterocycles. The van der Waals surface area contributed by atoms with E-state index >= 15 is 0 Å². The average Bonchev–Trinajstić information content (AvgIpc) is 2.65. The van der Waals surface area contributed by atoms with Gasteiger partial charge < -0.3 is 15.4 Å². The summed E-state index contributed by atoms with van der Waals surface area (Å²) in [4.78, 5) is 35.8. The van der Waals surface area contributed by atoms with Gasteiger partial charge in [0.05, 0.1) is 13.0 Å². The third kappa shape index (κ3) is 6.34. The molecule has 8 heteroatoms. The summed E-state index contributed by atoms with van der Waals surface area (Å²) in [5, 5.41) is 9.57. The fourth-order valence-corrected chi connectivity index (χ4v) is 2.38. The van der Waals surface area contributed by atoms with Crippen molar-refractivity contribution in [3.63, 3.8) is 0 Å². The molecule has 8 nitrogen and oxygen atoms in total. The van der Waals surface area contributed by atoms with Gasteiger partial charge in [-0.3, -0.25) is 14.4 Å². The van der Waals surface area contributed by atoms with Gasteiger partial charge in [-0.15, -0.1) is 0 Å². The van der Waals surface area contributed by atoms with Gasteiger partial charge in [-0.05, 0) is 30.2 Å². The summed E-state index contributed by atoms with van der Waals surface area (Å²) in [6, 6.07) is 9.73. The van der Waals surface area contributed by atoms with Crippen LogP contribution in [0.1, 0.15) is 29.4 Å². The molecule has 0 spiro atoms. The van der Waals surface area contributed by atoms with Gasteiger partial charge in [0.25, 0.3) is 11.5 Å². The summed E-state index contributed by atoms with van der Waals surface area (Å²) in [5.74, 6) is -0.490. The summed E-state index contributed by atoms with van der Waals surface area (Å²) in [6.07, 6.45) is 1.000. The largest absolute Gasteiger partial charge is 0.383 e. The summed E-state index contributed by atoms with van der Waals surface area (Å²) in [6.45, 7) is 3.33. The monoisotopic (exact) mass is 372 g/mol. The Kier molecular flexibility index (Phi) is 7.69. The predicted molar refractivity (Wildman–Crippen MR) is 102 cm³/mol. The molecular formula is C19H24N4O4. The zero-order valence-corrected chi connectivity index (χ0v) is 15.5. The number of carbonyl (C=O) groups excluding carboxylic acids is 2. The average molecular weight is 372 g/mol. The Morgan fingerprint density at radius 3 is 2.56 bits per heavy atom. The second-order valence-electron chi connectivity index (χ2n) is 5.95. The molecule has 0 aliphatic carbocycles. The first-order valence-electron chi connectivity index (χ1n) is 8.77. The van der Waals surface area contributed by atoms with E-state index in [0.717, 1.165) is 12.0 Å². The van der Waals surface area contributed by atoms with Crippen molar-refractivity contribution in [3.8, 4) is 0 Å². The van der Waals surface area contributed by atoms with Gasteiger partial charge in [-0.25, -0.2) is 4.68 Å². The third-order valence-corrected chi connectivity index (χ3v) is 3.74. The molecule has 1 heterocycles. The van der Waals surface area contributed by atoms with E-state index < -0.39 is 5.91 Å². The maximum absolute atomic E-state index is 12.3. The number of hydrogen-bond donors (Lipinski definition) is 2. The zero-order valence-electron chi connectivity index (χ0n) is 15.5. The first-order valence-corrected chi connectivity index (χ1v) is 8.77. The molecule has 144 valence electrons. The quantitative estimate of drug-likeness (QED) is 0.644. The van der Waals surface area contributed by atoms with Crippen molar-refractivity contribution in [1.29, 1.82) is 0 Å². The SMILES string of the molecule is CCCn1nc(C(=O)Nc2ccc(CC(=O)NCCOC)cc2)ccc1=O. The Balaban J connectivity index is 1.96. The number of hydrogen-bond acceptors (Lipinski definition) is 5. The van der Waals surface area contributed by atoms with Gasteiger partial charge in [0.1, 0.15) is 5.69 Å². The lowest BCUT2D eigenvalue weighted by Gasteiger charge is -2.08. The van der Waals surface area contributed by atoms with Crippen LogP contribution >= 0.6 is 0 Å². The van der Waals surface area contributed by atoms with E-state index in [1.807, 2.05) is 6.92 Å². The molecule has 2 aromatic rings. The van der Waals surface area contributed by atoms with Crippen LogP contribution in [0.3, 0.4) is 0 Å². The highest BCUT2D eigenvalue weighted by Gasteiger charge is 2.10. The Labute approximate surface area is 157 Å². The second kappa shape index (κ2) is 10.2. The van der Waals surface area contributed by atoms with Gasteiger partial charge in [0.2, 0.25) is 5.91 Å². The number of rotatable bonds is 9. The van der Waals surface area contributed by atoms with E-state index in [4.69, 9.17) is 4.74 Å². The molecule has 0 radical (unpaired) electrons. The van der Waals surface area contributed by atoms with Crippen molar-refractivity contribution in [2.24, 2.45) is 0 Å². The molecule has 0 saturated carbocycles. The molecule has 0 aliphatic rings. The predicted octanol–water partition coefficient (Wildman–Crippen LogP) is 1.21. The maximum atomic E-state index is 12.3. The van der Waals surface area contributed by atoms with E-state index in [9.17, 15) is 14.4 Å². The number of benzene rings is 1. The minimum absolute atomic E-state index is 0.0915. The van der Waals surface area contributed by atoms with Crippen LogP contribution < -0.4 is 16.2 Å². The minimum atomic E-state index is -0.398. The standard InChI is InChI=1S/C19H24N4O4/c1-3-11-23-18(25)9-8-16(22-23)19(26)21-15-6-4-14(5-7-15)13-17(24)20-10-12-27-2/h4-9H,3,10-13H2,1-2H3,(H,20,24)(H,21,26). The van der Waals surface area contributed by atoms with Crippen molar-refractivity contribution in [2.45, 2.75) is 26.3 Å². The molecule has 0 unspecified atom stereocenters. The van der Waals surface area contributed by atoms with Gasteiger partial charge in [0, 0.05) is 32.0 Å². The fourth-order valence-electron chi connectivity index (χ4n) is 2.38. The van der Waals surface area contributed by atoms with E-state index in [1.165, 1.54) is 16.8 Å². The van der Waals surface area contributed by atoms with Gasteiger partial charge in [-0.1, -0.05) is 19.1 Å². The third-order valence-electron chi connectivity index (χ3n) is 3.74. The van der Waals surface area contributed by atoms with Crippen LogP contribution in [0.2, 0.25) is 0 Å². The molecule has 0 aliphatic heterocycles. The molecule has 2 amide bonds. The second-order valence-corrected chi connectivity index (χ2v) is 5.95. The highest BCUT2D eigenvalue weighted by atomic mass is 16.5. The Bertz CT molecular complexity index is 830. The topological polar surface area (TPSA) is 102 Å². The van der Waals surface area contributed by atoms with Crippen LogP contribution in [0.4, 0.5) is 5.69 Å². The van der Waals surface area contributed by atoms with Crippen molar-refractivity contribution in [2.75, 3.05) is 25.6 Å². The van der Waals surface area contributed by atoms with Gasteiger partial charge in [-0.2, -0.15) is 5.10 Å². The maximum Gasteiger partial charge on any atom is 0.276 e. The van der Waals surface area contributed by atoms with Gasteiger partial charge >= 0.3 is 0 Å². The lowest BCUT2D eigenvalue weighted by molar-refractivity contribution is -0.120. The van der Waals surface area contributed by atoms with Crippen LogP contribution in [0, 0.1) is 0 Å². The van der Waals surface area contributed by atoms with Crippen molar-refractivity contribution in [1.82, 2.24) is 15.1 Å². The van der Waals surface area contributed by atoms with Crippen LogP contribution in [-0.4, -0.2) is 41.9 Å². The summed E-state index contributed by atoms with van der Waals surface area (Å²) >= 11 is 0. The first-order chi connectivity index (χ1) is 13.0. The molecule has 0 atom stereocenters. The van der Waals surface area contributed by atoms with E-state index in [1.54, 1.807) is 31.4 Å². The number of nitrogens with one attached hydrogen (secondary N) is 2. The highest BCUT2D eigenvalue weighted by molar-refractivity contribution is 6.02. The highest BCUT2D eigenvalue weighted by Crippen LogP contribution is 2.11. The number of aryl methyl sites for hydroxylation is 1. The van der Waals surface area contributed by atoms with Crippen molar-refractivity contribution >= 4 is 17.5 Å². The van der Waals surface area contributed by atoms with Crippen LogP contribution in [0.5, 0.6) is 0 Å². The molecular weight excluding hydrogens is 348 g/mol. The molecule has 0 fully saturated rings. The lowest BCUT2D eigenvalue weighted by Crippen LogP contribution is -2.28. The normalized spacial score (nSPS) is 10.4.